The van der Waals surface area contributed by atoms with Crippen LogP contribution >= 0.6 is 11.8 Å². The number of thioether (sulfide) groups is 1. The normalized spacial score (nSPS) is 9.76. The van der Waals surface area contributed by atoms with Crippen molar-refractivity contribution in [2.45, 2.75) is 10.6 Å². The molecule has 0 aliphatic rings. The second-order valence-electron chi connectivity index (χ2n) is 4.20. The number of benzene rings is 2. The van der Waals surface area contributed by atoms with Gasteiger partial charge in [-0.2, -0.15) is 0 Å². The predicted octanol–water partition coefficient (Wildman–Crippen LogP) is 3.20. The van der Waals surface area contributed by atoms with Crippen molar-refractivity contribution in [3.8, 4) is 11.8 Å². The summed E-state index contributed by atoms with van der Waals surface area (Å²) in [5.41, 5.74) is 7.60. The zero-order valence-electron chi connectivity index (χ0n) is 11.3. The summed E-state index contributed by atoms with van der Waals surface area (Å²) in [6.07, 6.45) is 0. The molecule has 0 atom stereocenters. The highest BCUT2D eigenvalue weighted by atomic mass is 32.2. The third-order valence-electron chi connectivity index (χ3n) is 2.78. The minimum atomic E-state index is -0.397. The van der Waals surface area contributed by atoms with Crippen LogP contribution < -0.4 is 5.73 Å². The number of hydrogen-bond donors (Lipinski definition) is 1. The van der Waals surface area contributed by atoms with Crippen LogP contribution in [0, 0.1) is 22.0 Å². The summed E-state index contributed by atoms with van der Waals surface area (Å²) in [5, 5.41) is 10.6. The van der Waals surface area contributed by atoms with E-state index in [2.05, 4.69) is 11.8 Å². The lowest BCUT2D eigenvalue weighted by Crippen LogP contribution is -1.94. The SMILES string of the molecule is NCC#Cc1ccccc1CSc1ccc([N+](=O)[O-])cc1. The summed E-state index contributed by atoms with van der Waals surface area (Å²) in [5.74, 6) is 6.67. The Morgan fingerprint density at radius 2 is 1.86 bits per heavy atom. The molecule has 0 unspecified atom stereocenters. The maximum Gasteiger partial charge on any atom is 0.269 e. The highest BCUT2D eigenvalue weighted by molar-refractivity contribution is 7.98. The van der Waals surface area contributed by atoms with Gasteiger partial charge < -0.3 is 5.73 Å². The Bertz CT molecular complexity index is 687. The maximum atomic E-state index is 10.6. The molecule has 0 saturated carbocycles. The summed E-state index contributed by atoms with van der Waals surface area (Å²) in [6.45, 7) is 0.337. The van der Waals surface area contributed by atoms with E-state index in [4.69, 9.17) is 5.73 Å². The van der Waals surface area contributed by atoms with Gasteiger partial charge in [0.15, 0.2) is 0 Å². The van der Waals surface area contributed by atoms with E-state index in [0.29, 0.717) is 6.54 Å². The first kappa shape index (κ1) is 15.1. The highest BCUT2D eigenvalue weighted by Crippen LogP contribution is 2.26. The van der Waals surface area contributed by atoms with Gasteiger partial charge in [0.2, 0.25) is 0 Å². The van der Waals surface area contributed by atoms with Gasteiger partial charge >= 0.3 is 0 Å². The fourth-order valence-electron chi connectivity index (χ4n) is 1.74. The van der Waals surface area contributed by atoms with Gasteiger partial charge in [0.25, 0.3) is 5.69 Å². The topological polar surface area (TPSA) is 69.2 Å². The standard InChI is InChI=1S/C16H14N2O2S/c17-11-3-6-13-4-1-2-5-14(13)12-21-16-9-7-15(8-10-16)18(19)20/h1-2,4-5,7-10H,11-12,17H2. The molecule has 0 radical (unpaired) electrons. The number of hydrogen-bond acceptors (Lipinski definition) is 4. The van der Waals surface area contributed by atoms with Gasteiger partial charge in [0.05, 0.1) is 11.5 Å². The molecular formula is C16H14N2O2S. The van der Waals surface area contributed by atoms with Crippen molar-refractivity contribution in [1.29, 1.82) is 0 Å². The Labute approximate surface area is 127 Å². The Morgan fingerprint density at radius 1 is 1.14 bits per heavy atom. The molecule has 2 aromatic carbocycles. The summed E-state index contributed by atoms with van der Waals surface area (Å²) in [6, 6.07) is 14.5. The third kappa shape index (κ3) is 4.35. The number of non-ortho nitro benzene ring substituents is 1. The van der Waals surface area contributed by atoms with Gasteiger partial charge in [-0.15, -0.1) is 11.8 Å². The first-order valence-electron chi connectivity index (χ1n) is 6.35. The Hall–Kier alpha value is -2.29. The molecule has 2 N–H and O–H groups in total. The van der Waals surface area contributed by atoms with Crippen LogP contribution in [-0.4, -0.2) is 11.5 Å². The summed E-state index contributed by atoms with van der Waals surface area (Å²) in [7, 11) is 0. The van der Waals surface area contributed by atoms with Crippen LogP contribution in [0.5, 0.6) is 0 Å². The van der Waals surface area contributed by atoms with Gasteiger partial charge in [-0.05, 0) is 23.8 Å². The van der Waals surface area contributed by atoms with Gasteiger partial charge in [0.1, 0.15) is 0 Å². The molecule has 2 aromatic rings. The third-order valence-corrected chi connectivity index (χ3v) is 3.85. The average molecular weight is 298 g/mol. The van der Waals surface area contributed by atoms with Gasteiger partial charge in [0, 0.05) is 28.3 Å². The van der Waals surface area contributed by atoms with Crippen LogP contribution in [0.25, 0.3) is 0 Å². The monoisotopic (exact) mass is 298 g/mol. The zero-order valence-corrected chi connectivity index (χ0v) is 12.1. The Kier molecular flexibility index (Phi) is 5.38. The lowest BCUT2D eigenvalue weighted by Gasteiger charge is -2.04. The van der Waals surface area contributed by atoms with Crippen LogP contribution in [0.1, 0.15) is 11.1 Å². The van der Waals surface area contributed by atoms with Crippen LogP contribution in [-0.2, 0) is 5.75 Å². The van der Waals surface area contributed by atoms with Gasteiger partial charge in [-0.3, -0.25) is 10.1 Å². The van der Waals surface area contributed by atoms with Crippen molar-refractivity contribution < 1.29 is 4.92 Å². The summed E-state index contributed by atoms with van der Waals surface area (Å²) < 4.78 is 0. The minimum Gasteiger partial charge on any atom is -0.320 e. The van der Waals surface area contributed by atoms with E-state index >= 15 is 0 Å². The second kappa shape index (κ2) is 7.48. The first-order valence-corrected chi connectivity index (χ1v) is 7.33. The number of rotatable bonds is 4. The maximum absolute atomic E-state index is 10.6. The average Bonchev–Trinajstić information content (AvgIpc) is 2.52. The molecule has 0 aliphatic heterocycles. The molecule has 0 heterocycles. The van der Waals surface area contributed by atoms with Crippen molar-refractivity contribution in [3.63, 3.8) is 0 Å². The second-order valence-corrected chi connectivity index (χ2v) is 5.25. The largest absolute Gasteiger partial charge is 0.320 e. The smallest absolute Gasteiger partial charge is 0.269 e. The van der Waals surface area contributed by atoms with Crippen molar-refractivity contribution in [2.24, 2.45) is 5.73 Å². The molecule has 106 valence electrons. The first-order chi connectivity index (χ1) is 10.2. The van der Waals surface area contributed by atoms with E-state index in [-0.39, 0.29) is 5.69 Å². The van der Waals surface area contributed by atoms with E-state index in [9.17, 15) is 10.1 Å². The Balaban J connectivity index is 2.07. The lowest BCUT2D eigenvalue weighted by atomic mass is 10.1. The van der Waals surface area contributed by atoms with Gasteiger partial charge in [-0.25, -0.2) is 0 Å². The minimum absolute atomic E-state index is 0.105. The quantitative estimate of drug-likeness (QED) is 0.407. The summed E-state index contributed by atoms with van der Waals surface area (Å²) >= 11 is 1.62. The van der Waals surface area contributed by atoms with Crippen LogP contribution in [0.2, 0.25) is 0 Å². The molecule has 0 spiro atoms. The van der Waals surface area contributed by atoms with Crippen molar-refractivity contribution in [1.82, 2.24) is 0 Å². The number of nitrogens with zero attached hydrogens (tertiary/aromatic N) is 1. The van der Waals surface area contributed by atoms with Crippen molar-refractivity contribution in [2.75, 3.05) is 6.54 Å². The fourth-order valence-corrected chi connectivity index (χ4v) is 2.64. The molecule has 2 rings (SSSR count). The van der Waals surface area contributed by atoms with Crippen molar-refractivity contribution in [3.05, 3.63) is 69.8 Å². The molecule has 21 heavy (non-hydrogen) atoms. The predicted molar refractivity (Wildman–Crippen MR) is 85.0 cm³/mol. The number of nitro groups is 1. The van der Waals surface area contributed by atoms with Crippen molar-refractivity contribution >= 4 is 17.4 Å². The van der Waals surface area contributed by atoms with Crippen LogP contribution in [0.15, 0.2) is 53.4 Å². The summed E-state index contributed by atoms with van der Waals surface area (Å²) in [4.78, 5) is 11.2. The van der Waals surface area contributed by atoms with E-state index in [1.165, 1.54) is 12.1 Å². The van der Waals surface area contributed by atoms with Gasteiger partial charge in [-0.1, -0.05) is 30.0 Å². The fraction of sp³-hybridized carbons (Fsp3) is 0.125. The van der Waals surface area contributed by atoms with E-state index in [1.54, 1.807) is 23.9 Å². The molecule has 5 heteroatoms. The molecule has 0 amide bonds. The molecular weight excluding hydrogens is 284 g/mol. The van der Waals surface area contributed by atoms with E-state index < -0.39 is 4.92 Å². The molecule has 0 aliphatic carbocycles. The van der Waals surface area contributed by atoms with Crippen LogP contribution in [0.4, 0.5) is 5.69 Å². The molecule has 0 saturated heterocycles. The highest BCUT2D eigenvalue weighted by Gasteiger charge is 2.05. The molecule has 0 fully saturated rings. The number of nitro benzene ring substituents is 1. The molecule has 4 nitrogen and oxygen atoms in total. The number of nitrogens with two attached hydrogens (primary N) is 1. The molecule has 0 bridgehead atoms. The lowest BCUT2D eigenvalue weighted by molar-refractivity contribution is -0.384. The van der Waals surface area contributed by atoms with E-state index in [1.807, 2.05) is 24.3 Å². The Morgan fingerprint density at radius 3 is 2.52 bits per heavy atom. The van der Waals surface area contributed by atoms with E-state index in [0.717, 1.165) is 21.8 Å². The molecule has 0 aromatic heterocycles. The zero-order chi connectivity index (χ0) is 15.1. The van der Waals surface area contributed by atoms with Crippen LogP contribution in [0.3, 0.4) is 0 Å².